The van der Waals surface area contributed by atoms with Crippen LogP contribution in [0.5, 0.6) is 5.75 Å². The predicted molar refractivity (Wildman–Crippen MR) is 71.4 cm³/mol. The van der Waals surface area contributed by atoms with E-state index < -0.39 is 16.8 Å². The zero-order chi connectivity index (χ0) is 14.3. The Hall–Kier alpha value is -2.07. The van der Waals surface area contributed by atoms with E-state index in [0.717, 1.165) is 0 Å². The van der Waals surface area contributed by atoms with Crippen LogP contribution in [0.4, 0.5) is 4.39 Å². The highest BCUT2D eigenvalue weighted by atomic mass is 35.5. The van der Waals surface area contributed by atoms with Crippen molar-refractivity contribution in [2.75, 3.05) is 7.11 Å². The van der Waals surface area contributed by atoms with Crippen LogP contribution in [0, 0.1) is 5.82 Å². The normalized spacial score (nSPS) is 20.4. The molecule has 0 fully saturated rings. The Labute approximate surface area is 119 Å². The van der Waals surface area contributed by atoms with Crippen molar-refractivity contribution in [2.24, 2.45) is 0 Å². The zero-order valence-corrected chi connectivity index (χ0v) is 11.3. The van der Waals surface area contributed by atoms with Crippen LogP contribution in [0.25, 0.3) is 0 Å². The minimum absolute atomic E-state index is 0.352. The first kappa shape index (κ1) is 12.9. The van der Waals surface area contributed by atoms with E-state index in [2.05, 4.69) is 0 Å². The molecule has 1 aliphatic heterocycles. The number of alkyl halides is 1. The molecule has 2 aromatic carbocycles. The van der Waals surface area contributed by atoms with Gasteiger partial charge in [-0.1, -0.05) is 23.7 Å². The summed E-state index contributed by atoms with van der Waals surface area (Å²) in [7, 11) is 1.51. The van der Waals surface area contributed by atoms with Crippen molar-refractivity contribution in [1.82, 2.24) is 0 Å². The molecular weight excluding hydrogens is 283 g/mol. The summed E-state index contributed by atoms with van der Waals surface area (Å²) in [6.07, 6.45) is 0. The van der Waals surface area contributed by atoms with Gasteiger partial charge in [-0.05, 0) is 30.3 Å². The molecule has 0 saturated carbocycles. The number of hydrogen-bond donors (Lipinski definition) is 0. The number of hydrogen-bond acceptors (Lipinski definition) is 3. The molecule has 1 unspecified atom stereocenters. The van der Waals surface area contributed by atoms with Crippen LogP contribution in [0.2, 0.25) is 0 Å². The van der Waals surface area contributed by atoms with Crippen LogP contribution in [-0.4, -0.2) is 13.1 Å². The quantitative estimate of drug-likeness (QED) is 0.628. The van der Waals surface area contributed by atoms with E-state index in [9.17, 15) is 9.18 Å². The Morgan fingerprint density at radius 2 is 2.05 bits per heavy atom. The number of rotatable bonds is 2. The maximum Gasteiger partial charge on any atom is 0.340 e. The largest absolute Gasteiger partial charge is 0.497 e. The number of esters is 1. The van der Waals surface area contributed by atoms with Gasteiger partial charge in [-0.15, -0.1) is 0 Å². The van der Waals surface area contributed by atoms with E-state index in [0.29, 0.717) is 22.4 Å². The predicted octanol–water partition coefficient (Wildman–Crippen LogP) is 3.44. The van der Waals surface area contributed by atoms with E-state index >= 15 is 0 Å². The average molecular weight is 293 g/mol. The molecule has 1 atom stereocenters. The molecule has 0 N–H and O–H groups in total. The van der Waals surface area contributed by atoms with Crippen molar-refractivity contribution >= 4 is 17.6 Å². The molecule has 102 valence electrons. The lowest BCUT2D eigenvalue weighted by molar-refractivity contribution is 0.0365. The van der Waals surface area contributed by atoms with Gasteiger partial charge >= 0.3 is 5.97 Å². The fourth-order valence-electron chi connectivity index (χ4n) is 2.23. The monoisotopic (exact) mass is 292 g/mol. The van der Waals surface area contributed by atoms with E-state index in [1.807, 2.05) is 0 Å². The van der Waals surface area contributed by atoms with E-state index in [1.54, 1.807) is 24.3 Å². The van der Waals surface area contributed by atoms with Crippen LogP contribution in [0.1, 0.15) is 21.5 Å². The van der Waals surface area contributed by atoms with E-state index in [4.69, 9.17) is 21.1 Å². The van der Waals surface area contributed by atoms with Gasteiger partial charge in [0.05, 0.1) is 12.7 Å². The first-order valence-corrected chi connectivity index (χ1v) is 6.29. The summed E-state index contributed by atoms with van der Waals surface area (Å²) in [6.45, 7) is 0. The maximum atomic E-state index is 13.4. The number of methoxy groups -OCH3 is 1. The first-order chi connectivity index (χ1) is 9.54. The summed E-state index contributed by atoms with van der Waals surface area (Å²) in [5.74, 6) is -0.444. The molecule has 0 bridgehead atoms. The third-order valence-corrected chi connectivity index (χ3v) is 3.72. The smallest absolute Gasteiger partial charge is 0.340 e. The molecule has 0 amide bonds. The summed E-state index contributed by atoms with van der Waals surface area (Å²) in [5, 5.41) is -1.52. The van der Waals surface area contributed by atoms with Gasteiger partial charge in [0.1, 0.15) is 11.6 Å². The molecule has 0 radical (unpaired) electrons. The van der Waals surface area contributed by atoms with Crippen molar-refractivity contribution in [3.63, 3.8) is 0 Å². The molecule has 1 aliphatic rings. The van der Waals surface area contributed by atoms with Crippen LogP contribution < -0.4 is 4.74 Å². The molecule has 1 heterocycles. The van der Waals surface area contributed by atoms with Gasteiger partial charge in [0, 0.05) is 11.1 Å². The van der Waals surface area contributed by atoms with Crippen molar-refractivity contribution in [1.29, 1.82) is 0 Å². The highest BCUT2D eigenvalue weighted by molar-refractivity contribution is 6.27. The van der Waals surface area contributed by atoms with Crippen molar-refractivity contribution in [3.05, 3.63) is 65.0 Å². The molecule has 0 saturated heterocycles. The van der Waals surface area contributed by atoms with Gasteiger partial charge in [-0.2, -0.15) is 0 Å². The highest BCUT2D eigenvalue weighted by Gasteiger charge is 2.46. The fourth-order valence-corrected chi connectivity index (χ4v) is 2.58. The number of ether oxygens (including phenoxy) is 2. The van der Waals surface area contributed by atoms with Crippen molar-refractivity contribution in [3.8, 4) is 5.75 Å². The Bertz CT molecular complexity index is 701. The average Bonchev–Trinajstić information content (AvgIpc) is 2.71. The second-order valence-electron chi connectivity index (χ2n) is 4.41. The Morgan fingerprint density at radius 3 is 2.75 bits per heavy atom. The number of benzene rings is 2. The minimum atomic E-state index is -1.52. The lowest BCUT2D eigenvalue weighted by Gasteiger charge is -2.22. The minimum Gasteiger partial charge on any atom is -0.497 e. The summed E-state index contributed by atoms with van der Waals surface area (Å²) < 4.78 is 23.8. The third kappa shape index (κ3) is 1.84. The number of carbonyl (C=O) groups is 1. The molecule has 0 spiro atoms. The molecule has 0 aliphatic carbocycles. The van der Waals surface area contributed by atoms with Crippen molar-refractivity contribution in [2.45, 2.75) is 5.06 Å². The second kappa shape index (κ2) is 4.49. The second-order valence-corrected chi connectivity index (χ2v) is 4.94. The molecular formula is C15H10ClFO3. The molecule has 5 heteroatoms. The van der Waals surface area contributed by atoms with Gasteiger partial charge in [-0.25, -0.2) is 9.18 Å². The fraction of sp³-hybridized carbons (Fsp3) is 0.133. The van der Waals surface area contributed by atoms with Gasteiger partial charge in [0.25, 0.3) is 0 Å². The number of carbonyl (C=O) groups excluding carboxylic acids is 1. The highest BCUT2D eigenvalue weighted by Crippen LogP contribution is 2.46. The Balaban J connectivity index is 2.20. The molecule has 2 aromatic rings. The summed E-state index contributed by atoms with van der Waals surface area (Å²) in [6, 6.07) is 10.5. The molecule has 3 nitrogen and oxygen atoms in total. The zero-order valence-electron chi connectivity index (χ0n) is 10.5. The summed E-state index contributed by atoms with van der Waals surface area (Å²) in [4.78, 5) is 11.9. The topological polar surface area (TPSA) is 35.5 Å². The maximum absolute atomic E-state index is 13.4. The van der Waals surface area contributed by atoms with Gasteiger partial charge in [-0.3, -0.25) is 0 Å². The first-order valence-electron chi connectivity index (χ1n) is 5.91. The number of halogens is 2. The standard InChI is InChI=1S/C15H10ClFO3/c1-19-11-5-6-12-13(8-11)15(16,20-14(12)18)9-3-2-4-10(17)7-9/h2-8H,1H3. The van der Waals surface area contributed by atoms with Crippen LogP contribution in [0.15, 0.2) is 42.5 Å². The number of fused-ring (bicyclic) bond motifs is 1. The SMILES string of the molecule is COc1ccc2c(c1)C(Cl)(c1cccc(F)c1)OC2=O. The van der Waals surface area contributed by atoms with Gasteiger partial charge in [0.15, 0.2) is 0 Å². The van der Waals surface area contributed by atoms with Gasteiger partial charge < -0.3 is 9.47 Å². The van der Waals surface area contributed by atoms with E-state index in [1.165, 1.54) is 25.3 Å². The van der Waals surface area contributed by atoms with Gasteiger partial charge in [0.2, 0.25) is 5.06 Å². The number of cyclic esters (lactones) is 1. The lowest BCUT2D eigenvalue weighted by atomic mass is 9.98. The summed E-state index contributed by atoms with van der Waals surface area (Å²) in [5.41, 5.74) is 1.17. The Kier molecular flexibility index (Phi) is 2.91. The summed E-state index contributed by atoms with van der Waals surface area (Å²) >= 11 is 6.46. The van der Waals surface area contributed by atoms with Crippen molar-refractivity contribution < 1.29 is 18.7 Å². The molecule has 0 aromatic heterocycles. The van der Waals surface area contributed by atoms with E-state index in [-0.39, 0.29) is 0 Å². The van der Waals surface area contributed by atoms with Crippen LogP contribution in [-0.2, 0) is 9.80 Å². The molecule has 20 heavy (non-hydrogen) atoms. The third-order valence-electron chi connectivity index (χ3n) is 3.22. The lowest BCUT2D eigenvalue weighted by Crippen LogP contribution is -2.20. The molecule has 3 rings (SSSR count). The van der Waals surface area contributed by atoms with Crippen LogP contribution in [0.3, 0.4) is 0 Å². The van der Waals surface area contributed by atoms with Crippen LogP contribution >= 0.6 is 11.6 Å². The Morgan fingerprint density at radius 1 is 1.25 bits per heavy atom.